The molecule has 3 heterocycles. The lowest BCUT2D eigenvalue weighted by atomic mass is 9.84. The van der Waals surface area contributed by atoms with Crippen molar-refractivity contribution in [3.63, 3.8) is 0 Å². The lowest BCUT2D eigenvalue weighted by molar-refractivity contribution is -0.139. The second-order valence-electron chi connectivity index (χ2n) is 8.44. The number of carbonyl (C=O) groups is 3. The van der Waals surface area contributed by atoms with Gasteiger partial charge in [-0.1, -0.05) is 18.2 Å². The molecule has 34 heavy (non-hydrogen) atoms. The van der Waals surface area contributed by atoms with Gasteiger partial charge in [-0.2, -0.15) is 0 Å². The number of hydrogen-bond donors (Lipinski definition) is 1. The molecule has 0 saturated carbocycles. The Morgan fingerprint density at radius 3 is 2.56 bits per heavy atom. The highest BCUT2D eigenvalue weighted by atomic mass is 16.5. The standard InChI is InChI=1S/C26H25N3O5/c1-15(30)29-14-20-24(25(29)31)22(16-7-9-17(10-8-16)26(32)34-3)18-13-28(11-12-33-2)21-6-4-5-19(27-20)23(18)21/h4-10,13,22,27H,11-12,14H2,1-3H3. The van der Waals surface area contributed by atoms with Gasteiger partial charge in [0.25, 0.3) is 5.91 Å². The van der Waals surface area contributed by atoms with Gasteiger partial charge >= 0.3 is 5.97 Å². The van der Waals surface area contributed by atoms with E-state index in [1.54, 1.807) is 19.2 Å². The van der Waals surface area contributed by atoms with Crippen LogP contribution in [0.4, 0.5) is 5.69 Å². The maximum Gasteiger partial charge on any atom is 0.337 e. The number of ether oxygens (including phenoxy) is 2. The molecule has 5 rings (SSSR count). The fourth-order valence-electron chi connectivity index (χ4n) is 4.92. The van der Waals surface area contributed by atoms with Crippen LogP contribution < -0.4 is 5.32 Å². The van der Waals surface area contributed by atoms with E-state index in [9.17, 15) is 14.4 Å². The maximum absolute atomic E-state index is 13.5. The molecule has 1 N–H and O–H groups in total. The van der Waals surface area contributed by atoms with Gasteiger partial charge in [0.1, 0.15) is 0 Å². The van der Waals surface area contributed by atoms with Crippen LogP contribution in [0.1, 0.15) is 34.3 Å². The van der Waals surface area contributed by atoms with Gasteiger partial charge in [0.05, 0.1) is 36.9 Å². The second kappa shape index (κ2) is 8.46. The van der Waals surface area contributed by atoms with E-state index < -0.39 is 11.9 Å². The van der Waals surface area contributed by atoms with Crippen LogP contribution >= 0.6 is 0 Å². The Morgan fingerprint density at radius 2 is 1.88 bits per heavy atom. The fraction of sp³-hybridized carbons (Fsp3) is 0.269. The first-order valence-electron chi connectivity index (χ1n) is 11.1. The molecule has 0 radical (unpaired) electrons. The highest BCUT2D eigenvalue weighted by Gasteiger charge is 2.41. The zero-order chi connectivity index (χ0) is 24.0. The summed E-state index contributed by atoms with van der Waals surface area (Å²) in [6.07, 6.45) is 2.06. The average molecular weight is 460 g/mol. The van der Waals surface area contributed by atoms with E-state index in [0.717, 1.165) is 33.4 Å². The highest BCUT2D eigenvalue weighted by Crippen LogP contribution is 2.46. The number of hydrogen-bond acceptors (Lipinski definition) is 6. The molecule has 3 aromatic rings. The number of nitrogens with one attached hydrogen (secondary N) is 1. The maximum atomic E-state index is 13.5. The van der Waals surface area contributed by atoms with Gasteiger partial charge in [-0.15, -0.1) is 0 Å². The number of carbonyl (C=O) groups excluding carboxylic acids is 3. The normalized spacial score (nSPS) is 17.0. The minimum absolute atomic E-state index is 0.199. The minimum atomic E-state index is -0.424. The van der Waals surface area contributed by atoms with Crippen LogP contribution in [0, 0.1) is 0 Å². The van der Waals surface area contributed by atoms with E-state index in [1.165, 1.54) is 18.9 Å². The number of esters is 1. The number of anilines is 1. The number of imide groups is 1. The molecule has 8 nitrogen and oxygen atoms in total. The molecule has 0 fully saturated rings. The zero-order valence-corrected chi connectivity index (χ0v) is 19.3. The summed E-state index contributed by atoms with van der Waals surface area (Å²) in [6, 6.07) is 13.1. The molecule has 2 aliphatic rings. The minimum Gasteiger partial charge on any atom is -0.465 e. The van der Waals surface area contributed by atoms with Crippen molar-refractivity contribution in [1.82, 2.24) is 9.47 Å². The summed E-state index contributed by atoms with van der Waals surface area (Å²) in [5.74, 6) is -1.44. The van der Waals surface area contributed by atoms with Gasteiger partial charge < -0.3 is 19.4 Å². The van der Waals surface area contributed by atoms with Crippen molar-refractivity contribution in [2.24, 2.45) is 0 Å². The summed E-state index contributed by atoms with van der Waals surface area (Å²) in [6.45, 7) is 2.80. The average Bonchev–Trinajstić information content (AvgIpc) is 3.32. The van der Waals surface area contributed by atoms with Crippen LogP contribution in [-0.4, -0.2) is 54.6 Å². The smallest absolute Gasteiger partial charge is 0.337 e. The molecule has 1 aromatic heterocycles. The van der Waals surface area contributed by atoms with Crippen LogP contribution in [0.5, 0.6) is 0 Å². The summed E-state index contributed by atoms with van der Waals surface area (Å²) in [7, 11) is 3.01. The lowest BCUT2D eigenvalue weighted by Crippen LogP contribution is -2.33. The van der Waals surface area contributed by atoms with Crippen molar-refractivity contribution in [3.8, 4) is 0 Å². The van der Waals surface area contributed by atoms with E-state index in [4.69, 9.17) is 9.47 Å². The summed E-state index contributed by atoms with van der Waals surface area (Å²) in [5.41, 5.74) is 5.43. The third kappa shape index (κ3) is 3.38. The third-order valence-corrected chi connectivity index (χ3v) is 6.52. The molecule has 0 aliphatic carbocycles. The fourth-order valence-corrected chi connectivity index (χ4v) is 4.92. The third-order valence-electron chi connectivity index (χ3n) is 6.52. The number of amides is 2. The van der Waals surface area contributed by atoms with Gasteiger partial charge in [-0.3, -0.25) is 14.5 Å². The van der Waals surface area contributed by atoms with Crippen LogP contribution in [0.25, 0.3) is 10.9 Å². The Labute approximate surface area is 196 Å². The molecular formula is C26H25N3O5. The van der Waals surface area contributed by atoms with Crippen molar-refractivity contribution in [2.75, 3.05) is 32.7 Å². The Hall–Kier alpha value is -3.91. The van der Waals surface area contributed by atoms with Crippen molar-refractivity contribution in [1.29, 1.82) is 0 Å². The van der Waals surface area contributed by atoms with Gasteiger partial charge in [0.2, 0.25) is 5.91 Å². The molecule has 2 aromatic carbocycles. The molecule has 8 heteroatoms. The Balaban J connectivity index is 1.73. The molecule has 1 unspecified atom stereocenters. The van der Waals surface area contributed by atoms with Gasteiger partial charge in [-0.25, -0.2) is 4.79 Å². The monoisotopic (exact) mass is 459 g/mol. The van der Waals surface area contributed by atoms with Crippen molar-refractivity contribution in [3.05, 3.63) is 76.6 Å². The molecule has 2 amide bonds. The van der Waals surface area contributed by atoms with Gasteiger partial charge in [-0.05, 0) is 35.4 Å². The molecule has 174 valence electrons. The Kier molecular flexibility index (Phi) is 5.45. The van der Waals surface area contributed by atoms with E-state index in [1.807, 2.05) is 24.3 Å². The quantitative estimate of drug-likeness (QED) is 0.589. The first kappa shape index (κ1) is 21.9. The first-order valence-corrected chi connectivity index (χ1v) is 11.1. The predicted molar refractivity (Wildman–Crippen MR) is 126 cm³/mol. The number of aromatic nitrogens is 1. The van der Waals surface area contributed by atoms with E-state index in [0.29, 0.717) is 24.3 Å². The lowest BCUT2D eigenvalue weighted by Gasteiger charge is -2.19. The summed E-state index contributed by atoms with van der Waals surface area (Å²) in [4.78, 5) is 39.0. The number of rotatable bonds is 5. The predicted octanol–water partition coefficient (Wildman–Crippen LogP) is 3.27. The van der Waals surface area contributed by atoms with E-state index >= 15 is 0 Å². The Morgan fingerprint density at radius 1 is 1.12 bits per heavy atom. The van der Waals surface area contributed by atoms with Crippen LogP contribution in [-0.2, 0) is 25.6 Å². The zero-order valence-electron chi connectivity index (χ0n) is 19.3. The number of methoxy groups -OCH3 is 2. The molecule has 0 saturated heterocycles. The van der Waals surface area contributed by atoms with Gasteiger partial charge in [0, 0.05) is 49.5 Å². The van der Waals surface area contributed by atoms with E-state index in [-0.39, 0.29) is 18.4 Å². The Bertz CT molecular complexity index is 1350. The molecular weight excluding hydrogens is 434 g/mol. The number of nitrogens with zero attached hydrogens (tertiary/aromatic N) is 2. The summed E-state index contributed by atoms with van der Waals surface area (Å²) < 4.78 is 12.3. The van der Waals surface area contributed by atoms with Crippen molar-refractivity contribution in [2.45, 2.75) is 19.4 Å². The van der Waals surface area contributed by atoms with Crippen molar-refractivity contribution >= 4 is 34.4 Å². The SMILES string of the molecule is COCCn1cc2c3c(cccc31)NC1=C(C(=O)N(C(C)=O)C1)C2c1ccc(C(=O)OC)cc1. The van der Waals surface area contributed by atoms with E-state index in [2.05, 4.69) is 22.1 Å². The summed E-state index contributed by atoms with van der Waals surface area (Å²) >= 11 is 0. The first-order chi connectivity index (χ1) is 16.4. The summed E-state index contributed by atoms with van der Waals surface area (Å²) in [5, 5.41) is 4.48. The van der Waals surface area contributed by atoms with Crippen LogP contribution in [0.15, 0.2) is 59.9 Å². The highest BCUT2D eigenvalue weighted by molar-refractivity contribution is 6.11. The molecule has 1 atom stereocenters. The topological polar surface area (TPSA) is 89.9 Å². The second-order valence-corrected chi connectivity index (χ2v) is 8.44. The number of benzene rings is 2. The van der Waals surface area contributed by atoms with Crippen LogP contribution in [0.3, 0.4) is 0 Å². The van der Waals surface area contributed by atoms with Crippen molar-refractivity contribution < 1.29 is 23.9 Å². The molecule has 0 spiro atoms. The molecule has 2 aliphatic heterocycles. The van der Waals surface area contributed by atoms with Crippen LogP contribution in [0.2, 0.25) is 0 Å². The van der Waals surface area contributed by atoms with Gasteiger partial charge in [0.15, 0.2) is 0 Å². The molecule has 0 bridgehead atoms. The largest absolute Gasteiger partial charge is 0.465 e.